The van der Waals surface area contributed by atoms with E-state index in [0.29, 0.717) is 40.4 Å². The highest BCUT2D eigenvalue weighted by Gasteiger charge is 2.16. The molecule has 0 fully saturated rings. The predicted molar refractivity (Wildman–Crippen MR) is 102 cm³/mol. The average Bonchev–Trinajstić information content (AvgIpc) is 2.62. The molecule has 0 spiro atoms. The first-order valence-electron chi connectivity index (χ1n) is 8.28. The predicted octanol–water partition coefficient (Wildman–Crippen LogP) is 2.67. The standard InChI is InChI=1S/C19H22F2N2O3S/c1-23(11-13-5-4-6-16(25-2)18(13)26-3)12-17(24)22-14-7-9-15(10-8-14)27-19(20)21/h4-10,19H,11-12H2,1-3H3,(H,22,24)/p+1. The number of likely N-dealkylation sites (N-methyl/N-ethyl adjacent to an activating group) is 1. The molecule has 27 heavy (non-hydrogen) atoms. The van der Waals surface area contributed by atoms with Crippen molar-refractivity contribution in [3.05, 3.63) is 48.0 Å². The Bertz CT molecular complexity index is 757. The smallest absolute Gasteiger partial charge is 0.288 e. The number of halogens is 2. The third-order valence-electron chi connectivity index (χ3n) is 3.80. The summed E-state index contributed by atoms with van der Waals surface area (Å²) in [6, 6.07) is 12.0. The molecule has 1 atom stereocenters. The summed E-state index contributed by atoms with van der Waals surface area (Å²) in [5, 5.41) is 2.78. The molecular weight excluding hydrogens is 374 g/mol. The number of alkyl halides is 2. The van der Waals surface area contributed by atoms with Crippen molar-refractivity contribution in [3.63, 3.8) is 0 Å². The van der Waals surface area contributed by atoms with Gasteiger partial charge in [0, 0.05) is 10.6 Å². The van der Waals surface area contributed by atoms with E-state index in [1.165, 1.54) is 0 Å². The third kappa shape index (κ3) is 6.41. The quantitative estimate of drug-likeness (QED) is 0.639. The van der Waals surface area contributed by atoms with Crippen LogP contribution < -0.4 is 19.7 Å². The molecule has 0 bridgehead atoms. The highest BCUT2D eigenvalue weighted by Crippen LogP contribution is 2.30. The van der Waals surface area contributed by atoms with Gasteiger partial charge < -0.3 is 19.7 Å². The largest absolute Gasteiger partial charge is 0.493 e. The number of para-hydroxylation sites is 1. The van der Waals surface area contributed by atoms with Gasteiger partial charge in [0.1, 0.15) is 6.54 Å². The lowest BCUT2D eigenvalue weighted by Gasteiger charge is -2.17. The summed E-state index contributed by atoms with van der Waals surface area (Å²) >= 11 is 0.472. The molecule has 0 aliphatic rings. The van der Waals surface area contributed by atoms with Crippen LogP contribution in [0.1, 0.15) is 5.56 Å². The maximum absolute atomic E-state index is 12.3. The number of thioether (sulfide) groups is 1. The fraction of sp³-hybridized carbons (Fsp3) is 0.316. The fourth-order valence-electron chi connectivity index (χ4n) is 2.68. The van der Waals surface area contributed by atoms with Crippen LogP contribution in [0.3, 0.4) is 0 Å². The summed E-state index contributed by atoms with van der Waals surface area (Å²) in [4.78, 5) is 13.7. The molecule has 1 unspecified atom stereocenters. The molecule has 5 nitrogen and oxygen atoms in total. The topological polar surface area (TPSA) is 52.0 Å². The number of anilines is 1. The summed E-state index contributed by atoms with van der Waals surface area (Å²) in [5.41, 5.74) is 1.51. The van der Waals surface area contributed by atoms with Gasteiger partial charge in [0.15, 0.2) is 18.0 Å². The van der Waals surface area contributed by atoms with E-state index in [9.17, 15) is 13.6 Å². The Morgan fingerprint density at radius 3 is 2.44 bits per heavy atom. The van der Waals surface area contributed by atoms with Crippen LogP contribution in [-0.2, 0) is 11.3 Å². The van der Waals surface area contributed by atoms with Gasteiger partial charge in [-0.2, -0.15) is 8.78 Å². The minimum Gasteiger partial charge on any atom is -0.493 e. The number of quaternary nitrogens is 1. The molecule has 2 aromatic rings. The van der Waals surface area contributed by atoms with Crippen molar-refractivity contribution in [1.29, 1.82) is 0 Å². The van der Waals surface area contributed by atoms with Crippen LogP contribution in [0.15, 0.2) is 47.4 Å². The van der Waals surface area contributed by atoms with Crippen LogP contribution in [0.25, 0.3) is 0 Å². The van der Waals surface area contributed by atoms with Crippen LogP contribution in [0.2, 0.25) is 0 Å². The van der Waals surface area contributed by atoms with Crippen molar-refractivity contribution in [2.24, 2.45) is 0 Å². The molecule has 0 radical (unpaired) electrons. The molecule has 0 aromatic heterocycles. The van der Waals surface area contributed by atoms with Crippen molar-refractivity contribution in [1.82, 2.24) is 0 Å². The normalized spacial score (nSPS) is 11.9. The minimum atomic E-state index is -2.46. The number of carbonyl (C=O) groups excluding carboxylic acids is 1. The second-order valence-corrected chi connectivity index (χ2v) is 6.98. The lowest BCUT2D eigenvalue weighted by Crippen LogP contribution is -3.08. The number of hydrogen-bond donors (Lipinski definition) is 2. The van der Waals surface area contributed by atoms with E-state index in [0.717, 1.165) is 10.5 Å². The van der Waals surface area contributed by atoms with E-state index < -0.39 is 5.76 Å². The highest BCUT2D eigenvalue weighted by molar-refractivity contribution is 7.99. The number of rotatable bonds is 9. The molecule has 0 aliphatic heterocycles. The maximum atomic E-state index is 12.3. The molecule has 2 N–H and O–H groups in total. The highest BCUT2D eigenvalue weighted by atomic mass is 32.2. The summed E-state index contributed by atoms with van der Waals surface area (Å²) in [6.07, 6.45) is 0. The zero-order valence-electron chi connectivity index (χ0n) is 15.4. The van der Waals surface area contributed by atoms with E-state index in [1.54, 1.807) is 38.5 Å². The Balaban J connectivity index is 1.92. The third-order valence-corrected chi connectivity index (χ3v) is 4.52. The summed E-state index contributed by atoms with van der Waals surface area (Å²) in [5.74, 6) is -1.32. The second kappa shape index (κ2) is 10.1. The van der Waals surface area contributed by atoms with Crippen LogP contribution in [0.4, 0.5) is 14.5 Å². The van der Waals surface area contributed by atoms with Crippen LogP contribution in [0.5, 0.6) is 11.5 Å². The van der Waals surface area contributed by atoms with Gasteiger partial charge in [0.25, 0.3) is 11.7 Å². The number of nitrogens with one attached hydrogen (secondary N) is 2. The minimum absolute atomic E-state index is 0.163. The first-order valence-corrected chi connectivity index (χ1v) is 9.16. The van der Waals surface area contributed by atoms with E-state index in [4.69, 9.17) is 9.47 Å². The second-order valence-electron chi connectivity index (χ2n) is 5.91. The zero-order chi connectivity index (χ0) is 19.8. The summed E-state index contributed by atoms with van der Waals surface area (Å²) in [7, 11) is 5.07. The molecule has 0 saturated heterocycles. The Morgan fingerprint density at radius 1 is 1.15 bits per heavy atom. The maximum Gasteiger partial charge on any atom is 0.288 e. The number of hydrogen-bond acceptors (Lipinski definition) is 4. The molecule has 2 aromatic carbocycles. The van der Waals surface area contributed by atoms with Gasteiger partial charge in [0.2, 0.25) is 0 Å². The molecule has 8 heteroatoms. The number of ether oxygens (including phenoxy) is 2. The van der Waals surface area contributed by atoms with Gasteiger partial charge in [-0.1, -0.05) is 17.8 Å². The van der Waals surface area contributed by atoms with E-state index in [-0.39, 0.29) is 12.5 Å². The Kier molecular flexibility index (Phi) is 7.87. The van der Waals surface area contributed by atoms with Gasteiger partial charge in [-0.3, -0.25) is 4.79 Å². The molecule has 0 heterocycles. The van der Waals surface area contributed by atoms with Gasteiger partial charge in [-0.15, -0.1) is 0 Å². The number of carbonyl (C=O) groups is 1. The summed E-state index contributed by atoms with van der Waals surface area (Å²) < 4.78 is 35.4. The van der Waals surface area contributed by atoms with Crippen molar-refractivity contribution < 1.29 is 27.9 Å². The lowest BCUT2D eigenvalue weighted by atomic mass is 10.1. The number of methoxy groups -OCH3 is 2. The summed E-state index contributed by atoms with van der Waals surface area (Å²) in [6.45, 7) is 0.825. The van der Waals surface area contributed by atoms with Gasteiger partial charge in [0.05, 0.1) is 26.8 Å². The lowest BCUT2D eigenvalue weighted by molar-refractivity contribution is -0.885. The van der Waals surface area contributed by atoms with Crippen molar-refractivity contribution in [2.75, 3.05) is 33.1 Å². The SMILES string of the molecule is COc1cccc(C[NH+](C)CC(=O)Nc2ccc(SC(F)F)cc2)c1OC. The average molecular weight is 397 g/mol. The molecule has 0 saturated carbocycles. The Morgan fingerprint density at radius 2 is 1.85 bits per heavy atom. The van der Waals surface area contributed by atoms with E-state index in [1.807, 2.05) is 25.2 Å². The van der Waals surface area contributed by atoms with Crippen molar-refractivity contribution in [3.8, 4) is 11.5 Å². The Labute approximate surface area is 161 Å². The Hall–Kier alpha value is -2.32. The van der Waals surface area contributed by atoms with Crippen LogP contribution >= 0.6 is 11.8 Å². The molecular formula is C19H23F2N2O3S+. The zero-order valence-corrected chi connectivity index (χ0v) is 16.2. The van der Waals surface area contributed by atoms with Crippen molar-refractivity contribution >= 4 is 23.4 Å². The van der Waals surface area contributed by atoms with Crippen molar-refractivity contribution in [2.45, 2.75) is 17.2 Å². The first-order chi connectivity index (χ1) is 12.9. The monoisotopic (exact) mass is 397 g/mol. The fourth-order valence-corrected chi connectivity index (χ4v) is 3.18. The van der Waals surface area contributed by atoms with Crippen LogP contribution in [-0.4, -0.2) is 39.5 Å². The van der Waals surface area contributed by atoms with Gasteiger partial charge in [-0.25, -0.2) is 0 Å². The van der Waals surface area contributed by atoms with E-state index >= 15 is 0 Å². The number of benzene rings is 2. The molecule has 2 rings (SSSR count). The van der Waals surface area contributed by atoms with E-state index in [2.05, 4.69) is 5.32 Å². The molecule has 0 aliphatic carbocycles. The molecule has 1 amide bonds. The molecule has 146 valence electrons. The number of amides is 1. The van der Waals surface area contributed by atoms with Gasteiger partial charge in [-0.05, 0) is 36.4 Å². The van der Waals surface area contributed by atoms with Crippen LogP contribution in [0, 0.1) is 0 Å². The van der Waals surface area contributed by atoms with Gasteiger partial charge >= 0.3 is 0 Å². The first kappa shape index (κ1) is 21.0.